The monoisotopic (exact) mass is 338 g/mol. The summed E-state index contributed by atoms with van der Waals surface area (Å²) in [6, 6.07) is 5.86. The number of carbonyl (C=O) groups is 1. The van der Waals surface area contributed by atoms with Gasteiger partial charge in [0.15, 0.2) is 6.61 Å². The van der Waals surface area contributed by atoms with Gasteiger partial charge in [0.1, 0.15) is 5.75 Å². The van der Waals surface area contributed by atoms with Gasteiger partial charge in [-0.1, -0.05) is 0 Å². The highest BCUT2D eigenvalue weighted by Gasteiger charge is 2.28. The fourth-order valence-corrected chi connectivity index (χ4v) is 2.12. The van der Waals surface area contributed by atoms with E-state index in [-0.39, 0.29) is 30.0 Å². The Kier molecular flexibility index (Phi) is 6.96. The molecular weight excluding hydrogens is 321 g/mol. The predicted octanol–water partition coefficient (Wildman–Crippen LogP) is 2.99. The molecule has 0 aliphatic carbocycles. The van der Waals surface area contributed by atoms with Crippen LogP contribution in [0.2, 0.25) is 0 Å². The number of carbonyl (C=O) groups excluding carboxylic acids is 1. The van der Waals surface area contributed by atoms with Crippen molar-refractivity contribution in [3.8, 4) is 5.75 Å². The first-order chi connectivity index (χ1) is 9.94. The Morgan fingerprint density at radius 1 is 1.32 bits per heavy atom. The minimum Gasteiger partial charge on any atom is -0.484 e. The van der Waals surface area contributed by atoms with E-state index in [9.17, 15) is 18.0 Å². The van der Waals surface area contributed by atoms with Crippen LogP contribution in [-0.4, -0.2) is 31.8 Å². The van der Waals surface area contributed by atoms with Crippen molar-refractivity contribution in [2.24, 2.45) is 5.92 Å². The van der Waals surface area contributed by atoms with Gasteiger partial charge in [-0.15, -0.1) is 12.4 Å². The van der Waals surface area contributed by atoms with Gasteiger partial charge in [0.05, 0.1) is 5.92 Å². The Labute approximate surface area is 132 Å². The van der Waals surface area contributed by atoms with Gasteiger partial charge in [0, 0.05) is 12.2 Å². The van der Waals surface area contributed by atoms with E-state index in [1.165, 1.54) is 24.3 Å². The number of alkyl halides is 3. The maximum absolute atomic E-state index is 12.0. The number of ether oxygens (including phenoxy) is 1. The van der Waals surface area contributed by atoms with Gasteiger partial charge in [-0.3, -0.25) is 4.79 Å². The van der Waals surface area contributed by atoms with Crippen molar-refractivity contribution in [2.45, 2.75) is 19.0 Å². The van der Waals surface area contributed by atoms with E-state index >= 15 is 0 Å². The number of piperidine rings is 1. The van der Waals surface area contributed by atoms with Crippen molar-refractivity contribution >= 4 is 24.0 Å². The molecule has 8 heteroatoms. The summed E-state index contributed by atoms with van der Waals surface area (Å²) in [5.41, 5.74) is 0.546. The molecule has 0 spiro atoms. The Morgan fingerprint density at radius 3 is 2.55 bits per heavy atom. The lowest BCUT2D eigenvalue weighted by Gasteiger charge is -2.21. The highest BCUT2D eigenvalue weighted by atomic mass is 35.5. The van der Waals surface area contributed by atoms with Crippen LogP contribution in [0.15, 0.2) is 24.3 Å². The highest BCUT2D eigenvalue weighted by Crippen LogP contribution is 2.21. The van der Waals surface area contributed by atoms with Crippen molar-refractivity contribution in [3.63, 3.8) is 0 Å². The summed E-state index contributed by atoms with van der Waals surface area (Å²) in [5.74, 6) is -0.0317. The zero-order valence-electron chi connectivity index (χ0n) is 11.8. The summed E-state index contributed by atoms with van der Waals surface area (Å²) in [5, 5.41) is 5.91. The highest BCUT2D eigenvalue weighted by molar-refractivity contribution is 5.92. The van der Waals surface area contributed by atoms with Crippen LogP contribution in [0.5, 0.6) is 5.75 Å². The molecule has 1 aliphatic heterocycles. The van der Waals surface area contributed by atoms with Crippen LogP contribution in [0.1, 0.15) is 12.8 Å². The lowest BCUT2D eigenvalue weighted by molar-refractivity contribution is -0.153. The van der Waals surface area contributed by atoms with Crippen LogP contribution in [0.4, 0.5) is 18.9 Å². The molecule has 124 valence electrons. The summed E-state index contributed by atoms with van der Waals surface area (Å²) in [6.45, 7) is 0.250. The molecule has 1 fully saturated rings. The number of hydrogen-bond acceptors (Lipinski definition) is 3. The van der Waals surface area contributed by atoms with Crippen molar-refractivity contribution in [1.29, 1.82) is 0 Å². The molecule has 1 unspecified atom stereocenters. The van der Waals surface area contributed by atoms with E-state index in [0.29, 0.717) is 12.2 Å². The molecule has 22 heavy (non-hydrogen) atoms. The normalized spacial score (nSPS) is 18.2. The van der Waals surface area contributed by atoms with E-state index < -0.39 is 12.8 Å². The Balaban J connectivity index is 0.00000242. The minimum absolute atomic E-state index is 0. The van der Waals surface area contributed by atoms with Gasteiger partial charge in [0.2, 0.25) is 5.91 Å². The molecule has 2 rings (SSSR count). The topological polar surface area (TPSA) is 50.4 Å². The van der Waals surface area contributed by atoms with Gasteiger partial charge in [-0.25, -0.2) is 0 Å². The molecule has 4 nitrogen and oxygen atoms in total. The average molecular weight is 339 g/mol. The molecule has 0 bridgehead atoms. The van der Waals surface area contributed by atoms with Crippen molar-refractivity contribution < 1.29 is 22.7 Å². The van der Waals surface area contributed by atoms with Crippen LogP contribution in [0, 0.1) is 5.92 Å². The molecule has 0 radical (unpaired) electrons. The molecule has 1 aliphatic rings. The molecule has 1 aromatic rings. The fourth-order valence-electron chi connectivity index (χ4n) is 2.12. The van der Waals surface area contributed by atoms with Crippen LogP contribution in [0.25, 0.3) is 0 Å². The standard InChI is InChI=1S/C14H17F3N2O2.ClH/c15-14(16,17)9-21-12-5-3-11(4-6-12)19-13(20)10-2-1-7-18-8-10;/h3-6,10,18H,1-2,7-9H2,(H,19,20);1H. The third kappa shape index (κ3) is 6.11. The summed E-state index contributed by atoms with van der Waals surface area (Å²) in [4.78, 5) is 12.0. The third-order valence-electron chi connectivity index (χ3n) is 3.19. The summed E-state index contributed by atoms with van der Waals surface area (Å²) in [6.07, 6.45) is -2.56. The molecule has 1 atom stereocenters. The summed E-state index contributed by atoms with van der Waals surface area (Å²) >= 11 is 0. The molecule has 1 amide bonds. The molecule has 1 saturated heterocycles. The molecule has 0 saturated carbocycles. The number of benzene rings is 1. The molecule has 1 heterocycles. The smallest absolute Gasteiger partial charge is 0.422 e. The van der Waals surface area contributed by atoms with Crippen molar-refractivity contribution in [1.82, 2.24) is 5.32 Å². The Morgan fingerprint density at radius 2 is 2.00 bits per heavy atom. The van der Waals surface area contributed by atoms with E-state index in [1.807, 2.05) is 0 Å². The first-order valence-corrected chi connectivity index (χ1v) is 6.75. The molecular formula is C14H18ClF3N2O2. The quantitative estimate of drug-likeness (QED) is 0.887. The van der Waals surface area contributed by atoms with Crippen LogP contribution in [0.3, 0.4) is 0 Å². The number of hydrogen-bond donors (Lipinski definition) is 2. The lowest BCUT2D eigenvalue weighted by Crippen LogP contribution is -2.37. The zero-order chi connectivity index (χ0) is 15.3. The summed E-state index contributed by atoms with van der Waals surface area (Å²) < 4.78 is 40.6. The van der Waals surface area contributed by atoms with Gasteiger partial charge < -0.3 is 15.4 Å². The molecule has 0 aromatic heterocycles. The Bertz CT molecular complexity index is 474. The fraction of sp³-hybridized carbons (Fsp3) is 0.500. The van der Waals surface area contributed by atoms with E-state index in [1.54, 1.807) is 0 Å². The maximum atomic E-state index is 12.0. The van der Waals surface area contributed by atoms with Crippen LogP contribution >= 0.6 is 12.4 Å². The van der Waals surface area contributed by atoms with Gasteiger partial charge in [0.25, 0.3) is 0 Å². The van der Waals surface area contributed by atoms with Crippen LogP contribution in [-0.2, 0) is 4.79 Å². The van der Waals surface area contributed by atoms with Gasteiger partial charge in [-0.2, -0.15) is 13.2 Å². The minimum atomic E-state index is -4.36. The van der Waals surface area contributed by atoms with Crippen LogP contribution < -0.4 is 15.4 Å². The van der Waals surface area contributed by atoms with Gasteiger partial charge in [-0.05, 0) is 43.7 Å². The number of nitrogens with one attached hydrogen (secondary N) is 2. The average Bonchev–Trinajstić information content (AvgIpc) is 2.46. The van der Waals surface area contributed by atoms with E-state index in [2.05, 4.69) is 15.4 Å². The number of anilines is 1. The lowest BCUT2D eigenvalue weighted by atomic mass is 9.99. The second-order valence-electron chi connectivity index (χ2n) is 4.96. The van der Waals surface area contributed by atoms with E-state index in [0.717, 1.165) is 19.4 Å². The third-order valence-corrected chi connectivity index (χ3v) is 3.19. The number of amides is 1. The first-order valence-electron chi connectivity index (χ1n) is 6.75. The predicted molar refractivity (Wildman–Crippen MR) is 79.5 cm³/mol. The van der Waals surface area contributed by atoms with Gasteiger partial charge >= 0.3 is 6.18 Å². The molecule has 2 N–H and O–H groups in total. The number of halogens is 4. The van der Waals surface area contributed by atoms with Crippen molar-refractivity contribution in [3.05, 3.63) is 24.3 Å². The van der Waals surface area contributed by atoms with Crippen molar-refractivity contribution in [2.75, 3.05) is 25.0 Å². The second kappa shape index (κ2) is 8.24. The Hall–Kier alpha value is -1.47. The second-order valence-corrected chi connectivity index (χ2v) is 4.96. The zero-order valence-corrected chi connectivity index (χ0v) is 12.6. The number of rotatable bonds is 4. The SMILES string of the molecule is Cl.O=C(Nc1ccc(OCC(F)(F)F)cc1)C1CCCNC1. The van der Waals surface area contributed by atoms with E-state index in [4.69, 9.17) is 0 Å². The summed E-state index contributed by atoms with van der Waals surface area (Å²) in [7, 11) is 0. The molecule has 1 aromatic carbocycles. The largest absolute Gasteiger partial charge is 0.484 e. The maximum Gasteiger partial charge on any atom is 0.422 e. The first kappa shape index (κ1) is 18.6.